The fraction of sp³-hybridized carbons (Fsp3) is 0.435. The van der Waals surface area contributed by atoms with E-state index < -0.39 is 0 Å². The van der Waals surface area contributed by atoms with Crippen molar-refractivity contribution in [1.82, 2.24) is 15.1 Å². The van der Waals surface area contributed by atoms with Crippen molar-refractivity contribution in [3.63, 3.8) is 0 Å². The van der Waals surface area contributed by atoms with Gasteiger partial charge in [0.05, 0.1) is 13.0 Å². The number of ether oxygens (including phenoxy) is 1. The lowest BCUT2D eigenvalue weighted by atomic mass is 10.2. The molecule has 0 spiro atoms. The molecular formula is C23H31N3O2. The quantitative estimate of drug-likeness (QED) is 0.726. The van der Waals surface area contributed by atoms with Gasteiger partial charge < -0.3 is 10.1 Å². The Morgan fingerprint density at radius 3 is 2.25 bits per heavy atom. The minimum absolute atomic E-state index is 0.0474. The van der Waals surface area contributed by atoms with Gasteiger partial charge in [-0.25, -0.2) is 0 Å². The van der Waals surface area contributed by atoms with Crippen LogP contribution >= 0.6 is 0 Å². The molecule has 1 atom stereocenters. The van der Waals surface area contributed by atoms with Crippen LogP contribution in [-0.2, 0) is 11.3 Å². The van der Waals surface area contributed by atoms with Crippen molar-refractivity contribution in [3.8, 4) is 5.75 Å². The van der Waals surface area contributed by atoms with E-state index in [1.165, 1.54) is 5.56 Å². The SMILES string of the molecule is C[C@@H](CN1CCN(Cc2ccccc2)CC1)NC(=O)CCOc1ccccc1. The zero-order valence-electron chi connectivity index (χ0n) is 16.7. The van der Waals surface area contributed by atoms with Crippen LogP contribution in [0, 0.1) is 0 Å². The summed E-state index contributed by atoms with van der Waals surface area (Å²) in [6.45, 7) is 8.62. The zero-order chi connectivity index (χ0) is 19.6. The molecule has 1 aliphatic rings. The molecule has 1 saturated heterocycles. The molecule has 2 aromatic rings. The van der Waals surface area contributed by atoms with Crippen LogP contribution in [0.1, 0.15) is 18.9 Å². The molecule has 28 heavy (non-hydrogen) atoms. The van der Waals surface area contributed by atoms with Gasteiger partial charge in [0.2, 0.25) is 5.91 Å². The van der Waals surface area contributed by atoms with Gasteiger partial charge in [-0.2, -0.15) is 0 Å². The highest BCUT2D eigenvalue weighted by molar-refractivity contribution is 5.76. The van der Waals surface area contributed by atoms with Gasteiger partial charge in [0.25, 0.3) is 0 Å². The zero-order valence-corrected chi connectivity index (χ0v) is 16.7. The molecule has 0 aromatic heterocycles. The van der Waals surface area contributed by atoms with Crippen LogP contribution in [-0.4, -0.2) is 61.1 Å². The van der Waals surface area contributed by atoms with Gasteiger partial charge in [-0.1, -0.05) is 48.5 Å². The highest BCUT2D eigenvalue weighted by atomic mass is 16.5. The predicted octanol–water partition coefficient (Wildman–Crippen LogP) is 2.78. The van der Waals surface area contributed by atoms with Crippen molar-refractivity contribution in [1.29, 1.82) is 0 Å². The summed E-state index contributed by atoms with van der Waals surface area (Å²) < 4.78 is 5.59. The van der Waals surface area contributed by atoms with Crippen LogP contribution < -0.4 is 10.1 Å². The van der Waals surface area contributed by atoms with Gasteiger partial charge in [-0.05, 0) is 24.6 Å². The monoisotopic (exact) mass is 381 g/mol. The second kappa shape index (κ2) is 10.8. The minimum Gasteiger partial charge on any atom is -0.493 e. The third-order valence-corrected chi connectivity index (χ3v) is 4.99. The Bertz CT molecular complexity index is 700. The van der Waals surface area contributed by atoms with Gasteiger partial charge in [0.1, 0.15) is 5.75 Å². The molecular weight excluding hydrogens is 350 g/mol. The van der Waals surface area contributed by atoms with E-state index in [0.29, 0.717) is 13.0 Å². The third-order valence-electron chi connectivity index (χ3n) is 4.99. The van der Waals surface area contributed by atoms with Gasteiger partial charge in [0, 0.05) is 45.3 Å². The van der Waals surface area contributed by atoms with Crippen LogP contribution in [0.2, 0.25) is 0 Å². The first-order chi connectivity index (χ1) is 13.7. The largest absolute Gasteiger partial charge is 0.493 e. The molecule has 0 bridgehead atoms. The Morgan fingerprint density at radius 2 is 1.57 bits per heavy atom. The first-order valence-electron chi connectivity index (χ1n) is 10.1. The third kappa shape index (κ3) is 6.98. The fourth-order valence-corrected chi connectivity index (χ4v) is 3.53. The lowest BCUT2D eigenvalue weighted by Gasteiger charge is -2.36. The number of hydrogen-bond acceptors (Lipinski definition) is 4. The van der Waals surface area contributed by atoms with Crippen molar-refractivity contribution in [3.05, 3.63) is 66.2 Å². The van der Waals surface area contributed by atoms with E-state index in [1.807, 2.05) is 30.3 Å². The summed E-state index contributed by atoms with van der Waals surface area (Å²) >= 11 is 0. The Hall–Kier alpha value is -2.37. The van der Waals surface area contributed by atoms with Crippen LogP contribution in [0.25, 0.3) is 0 Å². The maximum atomic E-state index is 12.1. The molecule has 5 nitrogen and oxygen atoms in total. The predicted molar refractivity (Wildman–Crippen MR) is 112 cm³/mol. The summed E-state index contributed by atoms with van der Waals surface area (Å²) in [6.07, 6.45) is 0.379. The van der Waals surface area contributed by atoms with Crippen LogP contribution in [0.3, 0.4) is 0 Å². The molecule has 0 aliphatic carbocycles. The minimum atomic E-state index is 0.0474. The second-order valence-electron chi connectivity index (χ2n) is 7.44. The number of piperazine rings is 1. The molecule has 5 heteroatoms. The van der Waals surface area contributed by atoms with E-state index >= 15 is 0 Å². The molecule has 2 aromatic carbocycles. The van der Waals surface area contributed by atoms with Crippen molar-refractivity contribution in [2.45, 2.75) is 25.9 Å². The number of hydrogen-bond donors (Lipinski definition) is 1. The highest BCUT2D eigenvalue weighted by Gasteiger charge is 2.19. The molecule has 0 unspecified atom stereocenters. The summed E-state index contributed by atoms with van der Waals surface area (Å²) in [4.78, 5) is 17.1. The van der Waals surface area contributed by atoms with Gasteiger partial charge in [0.15, 0.2) is 0 Å². The summed E-state index contributed by atoms with van der Waals surface area (Å²) in [6, 6.07) is 20.4. The van der Waals surface area contributed by atoms with E-state index in [1.54, 1.807) is 0 Å². The summed E-state index contributed by atoms with van der Waals surface area (Å²) in [5.74, 6) is 0.850. The standard InChI is InChI=1S/C23H31N3O2/c1-20(24-23(27)12-17-28-22-10-6-3-7-11-22)18-25-13-15-26(16-14-25)19-21-8-4-2-5-9-21/h2-11,20H,12-19H2,1H3,(H,24,27)/t20-/m0/s1. The Balaban J connectivity index is 1.29. The maximum Gasteiger partial charge on any atom is 0.223 e. The molecule has 0 radical (unpaired) electrons. The number of nitrogens with zero attached hydrogens (tertiary/aromatic N) is 2. The number of nitrogens with one attached hydrogen (secondary N) is 1. The van der Waals surface area contributed by atoms with E-state index in [2.05, 4.69) is 52.4 Å². The lowest BCUT2D eigenvalue weighted by molar-refractivity contribution is -0.122. The van der Waals surface area contributed by atoms with Crippen molar-refractivity contribution in [2.75, 3.05) is 39.3 Å². The Labute approximate surface area is 168 Å². The number of rotatable bonds is 9. The van der Waals surface area contributed by atoms with Gasteiger partial charge in [-0.15, -0.1) is 0 Å². The smallest absolute Gasteiger partial charge is 0.223 e. The number of carbonyl (C=O) groups excluding carboxylic acids is 1. The average Bonchev–Trinajstić information content (AvgIpc) is 2.71. The Morgan fingerprint density at radius 1 is 0.964 bits per heavy atom. The number of amides is 1. The summed E-state index contributed by atoms with van der Waals surface area (Å²) in [7, 11) is 0. The molecule has 1 aliphatic heterocycles. The fourth-order valence-electron chi connectivity index (χ4n) is 3.53. The first kappa shape index (κ1) is 20.4. The Kier molecular flexibility index (Phi) is 7.88. The topological polar surface area (TPSA) is 44.8 Å². The van der Waals surface area contributed by atoms with Crippen molar-refractivity contribution in [2.24, 2.45) is 0 Å². The number of para-hydroxylation sites is 1. The van der Waals surface area contributed by atoms with Gasteiger partial charge >= 0.3 is 0 Å². The van der Waals surface area contributed by atoms with Crippen LogP contribution in [0.15, 0.2) is 60.7 Å². The summed E-state index contributed by atoms with van der Waals surface area (Å²) in [5, 5.41) is 3.09. The average molecular weight is 382 g/mol. The highest BCUT2D eigenvalue weighted by Crippen LogP contribution is 2.10. The molecule has 1 fully saturated rings. The van der Waals surface area contributed by atoms with E-state index in [9.17, 15) is 4.79 Å². The molecule has 1 heterocycles. The lowest BCUT2D eigenvalue weighted by Crippen LogP contribution is -2.50. The molecule has 1 amide bonds. The van der Waals surface area contributed by atoms with Crippen molar-refractivity contribution >= 4 is 5.91 Å². The van der Waals surface area contributed by atoms with E-state index in [-0.39, 0.29) is 11.9 Å². The normalized spacial score (nSPS) is 16.5. The molecule has 150 valence electrons. The number of benzene rings is 2. The molecule has 0 saturated carbocycles. The van der Waals surface area contributed by atoms with E-state index in [4.69, 9.17) is 4.74 Å². The van der Waals surface area contributed by atoms with Crippen LogP contribution in [0.5, 0.6) is 5.75 Å². The second-order valence-corrected chi connectivity index (χ2v) is 7.44. The molecule has 3 rings (SSSR count). The first-order valence-corrected chi connectivity index (χ1v) is 10.1. The van der Waals surface area contributed by atoms with Crippen molar-refractivity contribution < 1.29 is 9.53 Å². The van der Waals surface area contributed by atoms with Crippen LogP contribution in [0.4, 0.5) is 0 Å². The summed E-state index contributed by atoms with van der Waals surface area (Å²) in [5.41, 5.74) is 1.37. The van der Waals surface area contributed by atoms with E-state index in [0.717, 1.165) is 45.0 Å². The maximum absolute atomic E-state index is 12.1. The molecule has 1 N–H and O–H groups in total. The van der Waals surface area contributed by atoms with Gasteiger partial charge in [-0.3, -0.25) is 14.6 Å². The number of carbonyl (C=O) groups is 1.